The molecular formula is C11H14BrNO. The van der Waals surface area contributed by atoms with Gasteiger partial charge in [-0.25, -0.2) is 0 Å². The molecule has 0 spiro atoms. The Balaban J connectivity index is 2.72. The third kappa shape index (κ3) is 3.14. The molecule has 1 aromatic carbocycles. The van der Waals surface area contributed by atoms with Crippen LogP contribution in [0, 0.1) is 6.92 Å². The Morgan fingerprint density at radius 2 is 2.21 bits per heavy atom. The molecule has 1 N–H and O–H groups in total. The maximum atomic E-state index is 11.3. The Bertz CT molecular complexity index is 336. The Kier molecular flexibility index (Phi) is 4.14. The average Bonchev–Trinajstić information content (AvgIpc) is 2.10. The number of halogens is 1. The molecular weight excluding hydrogens is 242 g/mol. The largest absolute Gasteiger partial charge is 0.356 e. The van der Waals surface area contributed by atoms with E-state index in [-0.39, 0.29) is 5.91 Å². The van der Waals surface area contributed by atoms with E-state index in [0.717, 1.165) is 15.6 Å². The van der Waals surface area contributed by atoms with Crippen LogP contribution < -0.4 is 5.32 Å². The average molecular weight is 256 g/mol. The van der Waals surface area contributed by atoms with Gasteiger partial charge in [-0.1, -0.05) is 22.0 Å². The zero-order valence-electron chi connectivity index (χ0n) is 8.43. The molecule has 14 heavy (non-hydrogen) atoms. The van der Waals surface area contributed by atoms with Gasteiger partial charge < -0.3 is 5.32 Å². The summed E-state index contributed by atoms with van der Waals surface area (Å²) in [6.45, 7) is 4.63. The van der Waals surface area contributed by atoms with Gasteiger partial charge in [-0.3, -0.25) is 4.79 Å². The fraction of sp³-hybridized carbons (Fsp3) is 0.364. The van der Waals surface area contributed by atoms with Crippen LogP contribution >= 0.6 is 15.9 Å². The first-order chi connectivity index (χ1) is 6.63. The van der Waals surface area contributed by atoms with E-state index >= 15 is 0 Å². The number of rotatable bonds is 3. The number of amides is 1. The van der Waals surface area contributed by atoms with Crippen LogP contribution in [-0.2, 0) is 11.2 Å². The number of hydrogen-bond donors (Lipinski definition) is 1. The van der Waals surface area contributed by atoms with Gasteiger partial charge in [0.05, 0.1) is 6.42 Å². The van der Waals surface area contributed by atoms with E-state index in [0.29, 0.717) is 13.0 Å². The van der Waals surface area contributed by atoms with Crippen molar-refractivity contribution in [3.8, 4) is 0 Å². The number of likely N-dealkylation sites (N-methyl/N-ethyl adjacent to an activating group) is 1. The van der Waals surface area contributed by atoms with Gasteiger partial charge >= 0.3 is 0 Å². The first-order valence-electron chi connectivity index (χ1n) is 4.65. The minimum absolute atomic E-state index is 0.0814. The highest BCUT2D eigenvalue weighted by atomic mass is 79.9. The van der Waals surface area contributed by atoms with Crippen molar-refractivity contribution in [2.24, 2.45) is 0 Å². The molecule has 0 bridgehead atoms. The van der Waals surface area contributed by atoms with E-state index in [1.54, 1.807) is 0 Å². The smallest absolute Gasteiger partial charge is 0.224 e. The van der Waals surface area contributed by atoms with Crippen LogP contribution in [0.15, 0.2) is 22.7 Å². The molecule has 0 aliphatic heterocycles. The lowest BCUT2D eigenvalue weighted by molar-refractivity contribution is -0.120. The molecule has 1 aromatic rings. The van der Waals surface area contributed by atoms with Crippen LogP contribution in [0.3, 0.4) is 0 Å². The molecule has 0 atom stereocenters. The summed E-state index contributed by atoms with van der Waals surface area (Å²) in [5.74, 6) is 0.0814. The van der Waals surface area contributed by atoms with Crippen molar-refractivity contribution in [1.29, 1.82) is 0 Å². The van der Waals surface area contributed by atoms with Crippen molar-refractivity contribution in [3.05, 3.63) is 33.8 Å². The first kappa shape index (κ1) is 11.2. The summed E-state index contributed by atoms with van der Waals surface area (Å²) < 4.78 is 1.05. The van der Waals surface area contributed by atoms with Crippen molar-refractivity contribution in [1.82, 2.24) is 5.32 Å². The maximum Gasteiger partial charge on any atom is 0.224 e. The SMILES string of the molecule is CCNC(=O)Cc1ccc(Br)cc1C. The van der Waals surface area contributed by atoms with E-state index in [2.05, 4.69) is 21.2 Å². The summed E-state index contributed by atoms with van der Waals surface area (Å²) in [6, 6.07) is 5.96. The van der Waals surface area contributed by atoms with E-state index < -0.39 is 0 Å². The van der Waals surface area contributed by atoms with Gasteiger partial charge in [0.1, 0.15) is 0 Å². The molecule has 3 heteroatoms. The minimum Gasteiger partial charge on any atom is -0.356 e. The molecule has 76 valence electrons. The normalized spacial score (nSPS) is 9.93. The predicted octanol–water partition coefficient (Wildman–Crippen LogP) is 2.44. The van der Waals surface area contributed by atoms with Crippen LogP contribution in [0.2, 0.25) is 0 Å². The minimum atomic E-state index is 0.0814. The maximum absolute atomic E-state index is 11.3. The quantitative estimate of drug-likeness (QED) is 0.884. The molecule has 0 saturated heterocycles. The summed E-state index contributed by atoms with van der Waals surface area (Å²) in [5.41, 5.74) is 2.23. The zero-order valence-corrected chi connectivity index (χ0v) is 10.0. The van der Waals surface area contributed by atoms with Crippen LogP contribution in [0.1, 0.15) is 18.1 Å². The highest BCUT2D eigenvalue weighted by Gasteiger charge is 2.04. The monoisotopic (exact) mass is 255 g/mol. The summed E-state index contributed by atoms with van der Waals surface area (Å²) in [7, 11) is 0. The Morgan fingerprint density at radius 1 is 1.50 bits per heavy atom. The van der Waals surface area contributed by atoms with Crippen molar-refractivity contribution in [3.63, 3.8) is 0 Å². The van der Waals surface area contributed by atoms with Crippen molar-refractivity contribution >= 4 is 21.8 Å². The summed E-state index contributed by atoms with van der Waals surface area (Å²) in [6.07, 6.45) is 0.465. The van der Waals surface area contributed by atoms with E-state index in [4.69, 9.17) is 0 Å². The molecule has 2 nitrogen and oxygen atoms in total. The second-order valence-corrected chi connectivity index (χ2v) is 4.12. The molecule has 0 aromatic heterocycles. The van der Waals surface area contributed by atoms with E-state index in [9.17, 15) is 4.79 Å². The number of hydrogen-bond acceptors (Lipinski definition) is 1. The lowest BCUT2D eigenvalue weighted by Crippen LogP contribution is -2.24. The van der Waals surface area contributed by atoms with Gasteiger partial charge in [0.25, 0.3) is 0 Å². The molecule has 0 aliphatic carbocycles. The lowest BCUT2D eigenvalue weighted by atomic mass is 10.1. The number of benzene rings is 1. The number of carbonyl (C=O) groups is 1. The molecule has 0 heterocycles. The van der Waals surface area contributed by atoms with E-state index in [1.807, 2.05) is 32.0 Å². The fourth-order valence-corrected chi connectivity index (χ4v) is 1.77. The highest BCUT2D eigenvalue weighted by Crippen LogP contribution is 2.16. The number of nitrogens with one attached hydrogen (secondary N) is 1. The Hall–Kier alpha value is -0.830. The number of carbonyl (C=O) groups excluding carboxylic acids is 1. The van der Waals surface area contributed by atoms with E-state index in [1.165, 1.54) is 0 Å². The highest BCUT2D eigenvalue weighted by molar-refractivity contribution is 9.10. The molecule has 1 rings (SSSR count). The molecule has 0 unspecified atom stereocenters. The van der Waals surface area contributed by atoms with Crippen LogP contribution in [0.5, 0.6) is 0 Å². The summed E-state index contributed by atoms with van der Waals surface area (Å²) in [4.78, 5) is 11.3. The van der Waals surface area contributed by atoms with Crippen molar-refractivity contribution in [2.45, 2.75) is 20.3 Å². The van der Waals surface area contributed by atoms with Crippen LogP contribution in [0.25, 0.3) is 0 Å². The lowest BCUT2D eigenvalue weighted by Gasteiger charge is -2.06. The number of aryl methyl sites for hydroxylation is 1. The standard InChI is InChI=1S/C11H14BrNO/c1-3-13-11(14)7-9-4-5-10(12)6-8(9)2/h4-6H,3,7H2,1-2H3,(H,13,14). The molecule has 1 amide bonds. The molecule has 0 aliphatic rings. The third-order valence-electron chi connectivity index (χ3n) is 2.03. The van der Waals surface area contributed by atoms with Gasteiger partial charge in [0.2, 0.25) is 5.91 Å². The predicted molar refractivity (Wildman–Crippen MR) is 61.3 cm³/mol. The first-order valence-corrected chi connectivity index (χ1v) is 5.44. The van der Waals surface area contributed by atoms with Gasteiger partial charge in [-0.05, 0) is 37.1 Å². The van der Waals surface area contributed by atoms with Gasteiger partial charge in [-0.2, -0.15) is 0 Å². The van der Waals surface area contributed by atoms with Gasteiger partial charge in [-0.15, -0.1) is 0 Å². The Labute approximate surface area is 92.8 Å². The van der Waals surface area contributed by atoms with Gasteiger partial charge in [0, 0.05) is 11.0 Å². The molecule has 0 radical (unpaired) electrons. The van der Waals surface area contributed by atoms with Crippen molar-refractivity contribution in [2.75, 3.05) is 6.54 Å². The second-order valence-electron chi connectivity index (χ2n) is 3.20. The summed E-state index contributed by atoms with van der Waals surface area (Å²) >= 11 is 3.39. The topological polar surface area (TPSA) is 29.1 Å². The van der Waals surface area contributed by atoms with Gasteiger partial charge in [0.15, 0.2) is 0 Å². The van der Waals surface area contributed by atoms with Crippen LogP contribution in [-0.4, -0.2) is 12.5 Å². The zero-order chi connectivity index (χ0) is 10.6. The van der Waals surface area contributed by atoms with Crippen molar-refractivity contribution < 1.29 is 4.79 Å². The molecule has 0 saturated carbocycles. The molecule has 0 fully saturated rings. The second kappa shape index (κ2) is 5.15. The Morgan fingerprint density at radius 3 is 2.79 bits per heavy atom. The van der Waals surface area contributed by atoms with Crippen LogP contribution in [0.4, 0.5) is 0 Å². The fourth-order valence-electron chi connectivity index (χ4n) is 1.29. The third-order valence-corrected chi connectivity index (χ3v) is 2.52. The summed E-state index contributed by atoms with van der Waals surface area (Å²) in [5, 5.41) is 2.79.